The van der Waals surface area contributed by atoms with Crippen molar-refractivity contribution in [1.29, 1.82) is 0 Å². The zero-order chi connectivity index (χ0) is 21.3. The minimum Gasteiger partial charge on any atom is -0.494 e. The number of rotatable bonds is 5. The van der Waals surface area contributed by atoms with Crippen molar-refractivity contribution < 1.29 is 19.0 Å². The molecular formula is C24H17ClFNO3. The van der Waals surface area contributed by atoms with Crippen molar-refractivity contribution in [3.05, 3.63) is 83.1 Å². The molecule has 1 aromatic heterocycles. The van der Waals surface area contributed by atoms with E-state index in [1.807, 2.05) is 43.3 Å². The van der Waals surface area contributed by atoms with E-state index in [-0.39, 0.29) is 10.9 Å². The quantitative estimate of drug-likeness (QED) is 0.402. The average molecular weight is 422 g/mol. The lowest BCUT2D eigenvalue weighted by Gasteiger charge is -2.11. The Labute approximate surface area is 177 Å². The van der Waals surface area contributed by atoms with E-state index in [9.17, 15) is 14.3 Å². The first-order valence-electron chi connectivity index (χ1n) is 9.33. The van der Waals surface area contributed by atoms with Gasteiger partial charge in [-0.15, -0.1) is 0 Å². The fourth-order valence-electron chi connectivity index (χ4n) is 3.35. The Hall–Kier alpha value is -3.44. The van der Waals surface area contributed by atoms with Gasteiger partial charge in [-0.05, 0) is 55.0 Å². The molecule has 0 bridgehead atoms. The van der Waals surface area contributed by atoms with Crippen molar-refractivity contribution in [2.24, 2.45) is 0 Å². The smallest absolute Gasteiger partial charge is 0.336 e. The Balaban J connectivity index is 1.80. The summed E-state index contributed by atoms with van der Waals surface area (Å²) in [7, 11) is 0. The van der Waals surface area contributed by atoms with E-state index in [4.69, 9.17) is 16.3 Å². The molecule has 0 radical (unpaired) electrons. The van der Waals surface area contributed by atoms with Crippen molar-refractivity contribution in [2.45, 2.75) is 6.92 Å². The van der Waals surface area contributed by atoms with Crippen LogP contribution in [0.4, 0.5) is 4.39 Å². The zero-order valence-corrected chi connectivity index (χ0v) is 16.8. The van der Waals surface area contributed by atoms with Crippen LogP contribution in [0.5, 0.6) is 5.75 Å². The minimum atomic E-state index is -1.15. The first-order chi connectivity index (χ1) is 14.5. The van der Waals surface area contributed by atoms with Crippen LogP contribution in [0.2, 0.25) is 5.02 Å². The number of carboxylic acid groups (broad SMARTS) is 1. The Morgan fingerprint density at radius 2 is 1.90 bits per heavy atom. The molecule has 3 aromatic carbocycles. The highest BCUT2D eigenvalue weighted by Crippen LogP contribution is 2.34. The van der Waals surface area contributed by atoms with Gasteiger partial charge in [-0.1, -0.05) is 35.9 Å². The van der Waals surface area contributed by atoms with Crippen LogP contribution < -0.4 is 4.74 Å². The molecule has 6 heteroatoms. The molecule has 0 spiro atoms. The fourth-order valence-corrected chi connectivity index (χ4v) is 3.64. The number of aromatic nitrogens is 1. The van der Waals surface area contributed by atoms with Gasteiger partial charge < -0.3 is 9.84 Å². The molecule has 0 amide bonds. The highest BCUT2D eigenvalue weighted by Gasteiger charge is 2.15. The lowest BCUT2D eigenvalue weighted by Crippen LogP contribution is -2.00. The summed E-state index contributed by atoms with van der Waals surface area (Å²) in [6.45, 7) is 2.49. The summed E-state index contributed by atoms with van der Waals surface area (Å²) in [5.41, 5.74) is 3.23. The van der Waals surface area contributed by atoms with Crippen LogP contribution >= 0.6 is 11.6 Å². The Morgan fingerprint density at radius 1 is 1.07 bits per heavy atom. The number of hydrogen-bond acceptors (Lipinski definition) is 3. The Bertz CT molecular complexity index is 1270. The molecule has 0 saturated heterocycles. The maximum atomic E-state index is 13.6. The van der Waals surface area contributed by atoms with Crippen LogP contribution in [0.1, 0.15) is 17.3 Å². The minimum absolute atomic E-state index is 0.0147. The molecule has 0 aliphatic rings. The fraction of sp³-hybridized carbons (Fsp3) is 0.0833. The Morgan fingerprint density at radius 3 is 2.63 bits per heavy atom. The van der Waals surface area contributed by atoms with Crippen molar-refractivity contribution in [3.8, 4) is 28.1 Å². The third kappa shape index (κ3) is 3.84. The summed E-state index contributed by atoms with van der Waals surface area (Å²) in [6.07, 6.45) is 0. The monoisotopic (exact) mass is 421 g/mol. The van der Waals surface area contributed by atoms with Gasteiger partial charge in [0.05, 0.1) is 23.4 Å². The molecule has 150 valence electrons. The molecule has 1 heterocycles. The van der Waals surface area contributed by atoms with Crippen molar-refractivity contribution in [3.63, 3.8) is 0 Å². The van der Waals surface area contributed by atoms with Gasteiger partial charge in [0.25, 0.3) is 0 Å². The average Bonchev–Trinajstić information content (AvgIpc) is 2.73. The number of carbonyl (C=O) groups is 1. The molecule has 0 unspecified atom stereocenters. The molecule has 30 heavy (non-hydrogen) atoms. The van der Waals surface area contributed by atoms with E-state index in [0.717, 1.165) is 16.9 Å². The number of carboxylic acids is 1. The lowest BCUT2D eigenvalue weighted by molar-refractivity contribution is 0.0699. The molecule has 4 rings (SSSR count). The van der Waals surface area contributed by atoms with Gasteiger partial charge in [0.15, 0.2) is 0 Å². The first-order valence-corrected chi connectivity index (χ1v) is 9.71. The van der Waals surface area contributed by atoms with E-state index >= 15 is 0 Å². The molecule has 0 atom stereocenters. The highest BCUT2D eigenvalue weighted by molar-refractivity contribution is 6.33. The van der Waals surface area contributed by atoms with E-state index in [2.05, 4.69) is 4.98 Å². The molecule has 0 aliphatic heterocycles. The van der Waals surface area contributed by atoms with Crippen LogP contribution in [0.3, 0.4) is 0 Å². The summed E-state index contributed by atoms with van der Waals surface area (Å²) in [5, 5.41) is 10.3. The van der Waals surface area contributed by atoms with Gasteiger partial charge in [0.1, 0.15) is 11.6 Å². The third-order valence-corrected chi connectivity index (χ3v) is 5.03. The molecule has 4 aromatic rings. The van der Waals surface area contributed by atoms with Crippen LogP contribution in [0.25, 0.3) is 33.3 Å². The first kappa shape index (κ1) is 19.9. The van der Waals surface area contributed by atoms with E-state index in [0.29, 0.717) is 28.4 Å². The SMILES string of the molecule is CCOc1cccc(-c2ccc(-c3cc(C(=O)O)c4cc(F)ccc4n3)cc2Cl)c1. The predicted octanol–water partition coefficient (Wildman–Crippen LogP) is 6.46. The largest absolute Gasteiger partial charge is 0.494 e. The summed E-state index contributed by atoms with van der Waals surface area (Å²) in [6, 6.07) is 18.4. The van der Waals surface area contributed by atoms with E-state index in [1.54, 1.807) is 6.07 Å². The molecule has 0 fully saturated rings. The normalized spacial score (nSPS) is 10.9. The van der Waals surface area contributed by atoms with Gasteiger partial charge in [-0.25, -0.2) is 14.2 Å². The topological polar surface area (TPSA) is 59.4 Å². The number of fused-ring (bicyclic) bond motifs is 1. The number of pyridine rings is 1. The molecule has 0 saturated carbocycles. The van der Waals surface area contributed by atoms with Crippen molar-refractivity contribution in [2.75, 3.05) is 6.61 Å². The number of aromatic carboxylic acids is 1. The second-order valence-corrected chi connectivity index (χ2v) is 7.08. The molecule has 1 N–H and O–H groups in total. The summed E-state index contributed by atoms with van der Waals surface area (Å²) in [5.74, 6) is -0.907. The third-order valence-electron chi connectivity index (χ3n) is 4.72. The molecular weight excluding hydrogens is 405 g/mol. The summed E-state index contributed by atoms with van der Waals surface area (Å²) < 4.78 is 19.1. The number of hydrogen-bond donors (Lipinski definition) is 1. The standard InChI is InChI=1S/C24H17ClFNO3/c1-2-30-17-5-3-4-14(10-17)18-8-6-15(11-21(18)25)23-13-20(24(28)29)19-12-16(26)7-9-22(19)27-23/h3-13H,2H2,1H3,(H,28,29). The second kappa shape index (κ2) is 8.13. The van der Waals surface area contributed by atoms with Gasteiger partial charge in [0.2, 0.25) is 0 Å². The number of benzene rings is 3. The van der Waals surface area contributed by atoms with Gasteiger partial charge in [-0.2, -0.15) is 0 Å². The van der Waals surface area contributed by atoms with Crippen molar-refractivity contribution in [1.82, 2.24) is 4.98 Å². The highest BCUT2D eigenvalue weighted by atomic mass is 35.5. The maximum Gasteiger partial charge on any atom is 0.336 e. The number of halogens is 2. The summed E-state index contributed by atoms with van der Waals surface area (Å²) in [4.78, 5) is 16.2. The molecule has 4 nitrogen and oxygen atoms in total. The zero-order valence-electron chi connectivity index (χ0n) is 16.0. The lowest BCUT2D eigenvalue weighted by atomic mass is 10.0. The van der Waals surface area contributed by atoms with Crippen LogP contribution in [0, 0.1) is 5.82 Å². The number of ether oxygens (including phenoxy) is 1. The van der Waals surface area contributed by atoms with Crippen molar-refractivity contribution >= 4 is 28.5 Å². The van der Waals surface area contributed by atoms with Gasteiger partial charge in [0, 0.05) is 21.5 Å². The molecule has 0 aliphatic carbocycles. The maximum absolute atomic E-state index is 13.6. The van der Waals surface area contributed by atoms with E-state index in [1.165, 1.54) is 24.3 Å². The van der Waals surface area contributed by atoms with Gasteiger partial charge in [-0.3, -0.25) is 0 Å². The number of nitrogens with zero attached hydrogens (tertiary/aromatic N) is 1. The summed E-state index contributed by atoms with van der Waals surface area (Å²) >= 11 is 6.55. The van der Waals surface area contributed by atoms with Crippen LogP contribution in [-0.2, 0) is 0 Å². The van der Waals surface area contributed by atoms with E-state index < -0.39 is 11.8 Å². The second-order valence-electron chi connectivity index (χ2n) is 6.68. The predicted molar refractivity (Wildman–Crippen MR) is 116 cm³/mol. The van der Waals surface area contributed by atoms with Gasteiger partial charge >= 0.3 is 5.97 Å². The van der Waals surface area contributed by atoms with Crippen LogP contribution in [-0.4, -0.2) is 22.7 Å². The van der Waals surface area contributed by atoms with Crippen LogP contribution in [0.15, 0.2) is 66.7 Å². The Kier molecular flexibility index (Phi) is 5.38.